The molecule has 6 atom stereocenters. The minimum absolute atomic E-state index is 0.0124. The van der Waals surface area contributed by atoms with Crippen molar-refractivity contribution < 1.29 is 61.9 Å². The SMILES string of the molecule is C=C(C(=O)CC)[C@H](OC(C)=O)O[C@@H]1O[C@H](COC(C)=O)[C@@H](OC(C)=O)[C@H](OC(C)=O)[C@H]1OC(C)=O. The molecule has 1 rings (SSSR count). The van der Waals surface area contributed by atoms with Crippen LogP contribution in [0.1, 0.15) is 48.0 Å². The van der Waals surface area contributed by atoms with Gasteiger partial charge in [-0.1, -0.05) is 13.5 Å². The van der Waals surface area contributed by atoms with Crippen molar-refractivity contribution in [2.45, 2.75) is 85.0 Å². The van der Waals surface area contributed by atoms with Gasteiger partial charge < -0.3 is 33.2 Å². The van der Waals surface area contributed by atoms with Crippen molar-refractivity contribution in [2.24, 2.45) is 0 Å². The van der Waals surface area contributed by atoms with Crippen LogP contribution in [0.25, 0.3) is 0 Å². The molecule has 0 aromatic heterocycles. The van der Waals surface area contributed by atoms with E-state index in [1.807, 2.05) is 0 Å². The number of ketones is 1. The lowest BCUT2D eigenvalue weighted by molar-refractivity contribution is -0.330. The predicted molar refractivity (Wildman–Crippen MR) is 113 cm³/mol. The monoisotopic (exact) mass is 502 g/mol. The molecule has 196 valence electrons. The number of rotatable bonds is 11. The molecule has 0 N–H and O–H groups in total. The topological polar surface area (TPSA) is 167 Å². The fraction of sp³-hybridized carbons (Fsp3) is 0.636. The van der Waals surface area contributed by atoms with Crippen LogP contribution >= 0.6 is 0 Å². The van der Waals surface area contributed by atoms with Crippen molar-refractivity contribution in [3.05, 3.63) is 12.2 Å². The summed E-state index contributed by atoms with van der Waals surface area (Å²) in [6, 6.07) is 0. The van der Waals surface area contributed by atoms with Gasteiger partial charge in [-0.05, 0) is 0 Å². The summed E-state index contributed by atoms with van der Waals surface area (Å²) in [5.41, 5.74) is -0.240. The molecule has 1 aliphatic rings. The molecule has 1 saturated heterocycles. The first-order valence-electron chi connectivity index (χ1n) is 10.6. The molecule has 35 heavy (non-hydrogen) atoms. The molecule has 1 aliphatic heterocycles. The van der Waals surface area contributed by atoms with Crippen molar-refractivity contribution in [2.75, 3.05) is 6.61 Å². The van der Waals surface area contributed by atoms with Crippen LogP contribution in [-0.2, 0) is 61.9 Å². The van der Waals surface area contributed by atoms with Crippen molar-refractivity contribution in [1.29, 1.82) is 0 Å². The Labute approximate surface area is 201 Å². The van der Waals surface area contributed by atoms with Crippen LogP contribution in [0.15, 0.2) is 12.2 Å². The Morgan fingerprint density at radius 2 is 1.29 bits per heavy atom. The van der Waals surface area contributed by atoms with Gasteiger partial charge in [0.15, 0.2) is 24.1 Å². The first kappa shape index (κ1) is 29.7. The fourth-order valence-electron chi connectivity index (χ4n) is 3.11. The number of ether oxygens (including phenoxy) is 7. The summed E-state index contributed by atoms with van der Waals surface area (Å²) in [5, 5.41) is 0. The Kier molecular flexibility index (Phi) is 11.5. The highest BCUT2D eigenvalue weighted by molar-refractivity contribution is 5.95. The van der Waals surface area contributed by atoms with E-state index >= 15 is 0 Å². The van der Waals surface area contributed by atoms with Gasteiger partial charge in [-0.25, -0.2) is 0 Å². The van der Waals surface area contributed by atoms with Crippen LogP contribution in [-0.4, -0.2) is 79.2 Å². The van der Waals surface area contributed by atoms with Crippen molar-refractivity contribution >= 4 is 35.6 Å². The molecule has 13 heteroatoms. The van der Waals surface area contributed by atoms with Gasteiger partial charge in [0.2, 0.25) is 12.6 Å². The molecule has 0 spiro atoms. The minimum atomic E-state index is -1.67. The first-order valence-corrected chi connectivity index (χ1v) is 10.6. The summed E-state index contributed by atoms with van der Waals surface area (Å²) in [6.07, 6.45) is -9.03. The Balaban J connectivity index is 3.51. The molecule has 1 fully saturated rings. The van der Waals surface area contributed by atoms with E-state index in [0.29, 0.717) is 0 Å². The Morgan fingerprint density at radius 3 is 1.74 bits per heavy atom. The molecule has 0 aromatic carbocycles. The van der Waals surface area contributed by atoms with Crippen LogP contribution in [0.5, 0.6) is 0 Å². The van der Waals surface area contributed by atoms with E-state index in [2.05, 4.69) is 6.58 Å². The molecular formula is C22H30O13. The lowest BCUT2D eigenvalue weighted by Gasteiger charge is -2.44. The Hall–Kier alpha value is -3.32. The smallest absolute Gasteiger partial charge is 0.305 e. The number of hydrogen-bond acceptors (Lipinski definition) is 13. The summed E-state index contributed by atoms with van der Waals surface area (Å²) in [5.74, 6) is -4.51. The molecule has 1 heterocycles. The lowest BCUT2D eigenvalue weighted by Crippen LogP contribution is -2.63. The Morgan fingerprint density at radius 1 is 0.771 bits per heavy atom. The highest BCUT2D eigenvalue weighted by Crippen LogP contribution is 2.31. The molecule has 0 amide bonds. The van der Waals surface area contributed by atoms with Gasteiger partial charge in [-0.15, -0.1) is 0 Å². The number of hydrogen-bond donors (Lipinski definition) is 0. The van der Waals surface area contributed by atoms with Crippen LogP contribution in [0.4, 0.5) is 0 Å². The molecule has 0 saturated carbocycles. The van der Waals surface area contributed by atoms with E-state index in [1.165, 1.54) is 0 Å². The van der Waals surface area contributed by atoms with Gasteiger partial charge in [0.25, 0.3) is 0 Å². The molecule has 0 aromatic rings. The van der Waals surface area contributed by atoms with E-state index in [0.717, 1.165) is 34.6 Å². The van der Waals surface area contributed by atoms with Gasteiger partial charge >= 0.3 is 29.8 Å². The van der Waals surface area contributed by atoms with Gasteiger partial charge in [0.1, 0.15) is 12.7 Å². The molecule has 13 nitrogen and oxygen atoms in total. The second kappa shape index (κ2) is 13.5. The van der Waals surface area contributed by atoms with Crippen molar-refractivity contribution in [1.82, 2.24) is 0 Å². The third kappa shape index (κ3) is 9.45. The third-order valence-electron chi connectivity index (χ3n) is 4.44. The zero-order chi connectivity index (χ0) is 26.9. The summed E-state index contributed by atoms with van der Waals surface area (Å²) in [6.45, 7) is 10.0. The highest BCUT2D eigenvalue weighted by Gasteiger charge is 2.53. The number of esters is 5. The van der Waals surface area contributed by atoms with Crippen LogP contribution in [0.2, 0.25) is 0 Å². The maximum Gasteiger partial charge on any atom is 0.305 e. The van der Waals surface area contributed by atoms with Gasteiger partial charge in [0.05, 0.1) is 5.57 Å². The van der Waals surface area contributed by atoms with Crippen molar-refractivity contribution in [3.63, 3.8) is 0 Å². The maximum atomic E-state index is 12.2. The molecule has 0 aliphatic carbocycles. The van der Waals surface area contributed by atoms with Crippen LogP contribution < -0.4 is 0 Å². The van der Waals surface area contributed by atoms with Gasteiger partial charge in [-0.3, -0.25) is 28.8 Å². The van der Waals surface area contributed by atoms with E-state index in [4.69, 9.17) is 33.2 Å². The second-order valence-electron chi connectivity index (χ2n) is 7.45. The second-order valence-corrected chi connectivity index (χ2v) is 7.45. The number of carbonyl (C=O) groups is 6. The lowest BCUT2D eigenvalue weighted by atomic mass is 9.98. The molecule has 0 radical (unpaired) electrons. The quantitative estimate of drug-likeness (QED) is 0.166. The van der Waals surface area contributed by atoms with Crippen LogP contribution in [0.3, 0.4) is 0 Å². The average Bonchev–Trinajstić information content (AvgIpc) is 2.73. The predicted octanol–water partition coefficient (Wildman–Crippen LogP) is 0.511. The van der Waals surface area contributed by atoms with E-state index in [9.17, 15) is 28.8 Å². The molecular weight excluding hydrogens is 472 g/mol. The summed E-state index contributed by atoms with van der Waals surface area (Å²) in [4.78, 5) is 70.7. The average molecular weight is 502 g/mol. The van der Waals surface area contributed by atoms with E-state index in [1.54, 1.807) is 6.92 Å². The number of Topliss-reactive ketones (excluding diaryl/α,β-unsaturated/α-hetero) is 1. The summed E-state index contributed by atoms with van der Waals surface area (Å²) in [7, 11) is 0. The molecule has 0 unspecified atom stereocenters. The van der Waals surface area contributed by atoms with E-state index < -0.39 is 79.2 Å². The first-order chi connectivity index (χ1) is 16.3. The fourth-order valence-corrected chi connectivity index (χ4v) is 3.11. The van der Waals surface area contributed by atoms with Crippen LogP contribution in [0, 0.1) is 0 Å². The zero-order valence-corrected chi connectivity index (χ0v) is 20.4. The van der Waals surface area contributed by atoms with Gasteiger partial charge in [-0.2, -0.15) is 0 Å². The third-order valence-corrected chi connectivity index (χ3v) is 4.44. The number of carbonyl (C=O) groups excluding carboxylic acids is 6. The normalized spacial score (nSPS) is 24.3. The molecule has 0 bridgehead atoms. The minimum Gasteiger partial charge on any atom is -0.463 e. The maximum absolute atomic E-state index is 12.2. The van der Waals surface area contributed by atoms with Gasteiger partial charge in [0, 0.05) is 41.0 Å². The van der Waals surface area contributed by atoms with E-state index in [-0.39, 0.29) is 12.0 Å². The van der Waals surface area contributed by atoms with Crippen molar-refractivity contribution in [3.8, 4) is 0 Å². The highest BCUT2D eigenvalue weighted by atomic mass is 16.8. The largest absolute Gasteiger partial charge is 0.463 e. The standard InChI is InChI=1S/C22H30O13/c1-8-16(28)10(2)21(33-15(7)27)35-22-20(32-14(6)26)19(31-13(5)25)18(30-12(4)24)17(34-22)9-29-11(3)23/h17-22H,2,8-9H2,1,3-7H3/t17-,18-,19+,20-,21-,22+/m1/s1. The zero-order valence-electron chi connectivity index (χ0n) is 20.4. The Bertz CT molecular complexity index is 848. The summed E-state index contributed by atoms with van der Waals surface area (Å²) < 4.78 is 37.2. The summed E-state index contributed by atoms with van der Waals surface area (Å²) >= 11 is 0.